The number of H-pyrrole nitrogens is 2. The second kappa shape index (κ2) is 1.87. The maximum Gasteiger partial charge on any atom is 0.169 e. The molecule has 0 radical (unpaired) electrons. The molecule has 58 valence electrons. The summed E-state index contributed by atoms with van der Waals surface area (Å²) in [5.74, 6) is 0.937. The van der Waals surface area contributed by atoms with E-state index >= 15 is 0 Å². The van der Waals surface area contributed by atoms with E-state index in [9.17, 15) is 0 Å². The van der Waals surface area contributed by atoms with E-state index in [0.29, 0.717) is 0 Å². The molecule has 0 aromatic carbocycles. The largest absolute Gasteiger partial charge is 0.296 e. The topological polar surface area (TPSA) is 43.9 Å². The zero-order valence-corrected chi connectivity index (χ0v) is 6.68. The number of allylic oxidation sites excluding steroid dienone is 1. The molecule has 11 heavy (non-hydrogen) atoms. The van der Waals surface area contributed by atoms with Crippen LogP contribution < -0.4 is 0 Å². The third-order valence-electron chi connectivity index (χ3n) is 1.78. The molecule has 3 nitrogen and oxygen atoms in total. The summed E-state index contributed by atoms with van der Waals surface area (Å²) < 4.78 is 0. The molecule has 0 bridgehead atoms. The van der Waals surface area contributed by atoms with Gasteiger partial charge in [0, 0.05) is 11.6 Å². The number of aliphatic imine (C=N–C) groups is 1. The van der Waals surface area contributed by atoms with Crippen molar-refractivity contribution in [2.75, 3.05) is 0 Å². The van der Waals surface area contributed by atoms with Crippen LogP contribution >= 0.6 is 0 Å². The first-order chi connectivity index (χ1) is 5.17. The van der Waals surface area contributed by atoms with Crippen LogP contribution in [-0.4, -0.2) is 16.4 Å². The molecular weight excluding hydrogens is 138 g/mol. The Labute approximate surface area is 65.2 Å². The lowest BCUT2D eigenvalue weighted by atomic mass is 9.95. The second-order valence-corrected chi connectivity index (χ2v) is 3.43. The number of hydrogen-bond acceptors (Lipinski definition) is 1. The zero-order chi connectivity index (χ0) is 7.90. The Morgan fingerprint density at radius 1 is 1.36 bits per heavy atom. The van der Waals surface area contributed by atoms with Crippen LogP contribution in [0.4, 0.5) is 5.82 Å². The van der Waals surface area contributed by atoms with Gasteiger partial charge in [0.25, 0.3) is 0 Å². The first-order valence-electron chi connectivity index (χ1n) is 3.68. The molecule has 1 aromatic rings. The van der Waals surface area contributed by atoms with E-state index in [2.05, 4.69) is 41.2 Å². The fraction of sp³-hybridized carbons (Fsp3) is 0.375. The fourth-order valence-corrected chi connectivity index (χ4v) is 0.985. The van der Waals surface area contributed by atoms with E-state index in [1.54, 1.807) is 0 Å². The molecule has 0 saturated carbocycles. The normalized spacial score (nSPS) is 19.8. The minimum Gasteiger partial charge on any atom is -0.296 e. The Hall–Kier alpha value is -1.25. The van der Waals surface area contributed by atoms with Gasteiger partial charge in [-0.05, 0) is 6.08 Å². The summed E-state index contributed by atoms with van der Waals surface area (Å²) in [7, 11) is 0. The van der Waals surface area contributed by atoms with Crippen molar-refractivity contribution in [1.29, 1.82) is 0 Å². The third kappa shape index (κ3) is 1.02. The van der Waals surface area contributed by atoms with Crippen LogP contribution in [0.1, 0.15) is 19.5 Å². The van der Waals surface area contributed by atoms with Crippen LogP contribution in [-0.2, 0) is 0 Å². The highest BCUT2D eigenvalue weighted by atomic mass is 15.2. The van der Waals surface area contributed by atoms with E-state index in [-0.39, 0.29) is 5.41 Å². The predicted molar refractivity (Wildman–Crippen MR) is 46.1 cm³/mol. The number of rotatable bonds is 0. The van der Waals surface area contributed by atoms with Crippen molar-refractivity contribution < 1.29 is 0 Å². The summed E-state index contributed by atoms with van der Waals surface area (Å²) in [6.07, 6.45) is 6.13. The number of hydrogen-bond donors (Lipinski definition) is 2. The highest BCUT2D eigenvalue weighted by molar-refractivity contribution is 5.77. The van der Waals surface area contributed by atoms with Crippen molar-refractivity contribution in [3.8, 4) is 0 Å². The van der Waals surface area contributed by atoms with E-state index < -0.39 is 0 Å². The minimum atomic E-state index is 0.0701. The lowest BCUT2D eigenvalue weighted by molar-refractivity contribution is 0.699. The van der Waals surface area contributed by atoms with Crippen LogP contribution in [0.5, 0.6) is 0 Å². The number of aromatic nitrogens is 2. The maximum atomic E-state index is 4.26. The van der Waals surface area contributed by atoms with E-state index in [0.717, 1.165) is 11.5 Å². The van der Waals surface area contributed by atoms with E-state index in [1.165, 1.54) is 0 Å². The summed E-state index contributed by atoms with van der Waals surface area (Å²) in [5.41, 5.74) is 1.15. The average Bonchev–Trinajstić information content (AvgIpc) is 1.91. The standard InChI is InChI=1S/C8H11N3/c1-8(2)4-3-6-7(9-5-8)11-10-6/h3-5,10-11H,1-2H3. The van der Waals surface area contributed by atoms with Gasteiger partial charge in [0.2, 0.25) is 0 Å². The quantitative estimate of drug-likeness (QED) is 0.567. The van der Waals surface area contributed by atoms with Gasteiger partial charge in [-0.2, -0.15) is 0 Å². The Bertz CT molecular complexity index is 282. The van der Waals surface area contributed by atoms with Gasteiger partial charge in [0.05, 0.1) is 5.69 Å². The van der Waals surface area contributed by atoms with Gasteiger partial charge in [-0.15, -0.1) is 0 Å². The summed E-state index contributed by atoms with van der Waals surface area (Å²) >= 11 is 0. The van der Waals surface area contributed by atoms with Crippen LogP contribution in [0.3, 0.4) is 0 Å². The Morgan fingerprint density at radius 3 is 2.82 bits per heavy atom. The van der Waals surface area contributed by atoms with Crippen LogP contribution in [0.15, 0.2) is 11.1 Å². The predicted octanol–water partition coefficient (Wildman–Crippen LogP) is 2.10. The van der Waals surface area contributed by atoms with E-state index in [1.807, 2.05) is 6.21 Å². The van der Waals surface area contributed by atoms with Crippen molar-refractivity contribution >= 4 is 18.1 Å². The molecule has 2 heterocycles. The number of nitrogens with zero attached hydrogens (tertiary/aromatic N) is 1. The van der Waals surface area contributed by atoms with Crippen molar-refractivity contribution in [3.05, 3.63) is 11.8 Å². The molecule has 0 aliphatic carbocycles. The van der Waals surface area contributed by atoms with Crippen molar-refractivity contribution in [2.45, 2.75) is 13.8 Å². The molecule has 3 heteroatoms. The smallest absolute Gasteiger partial charge is 0.169 e. The summed E-state index contributed by atoms with van der Waals surface area (Å²) in [6, 6.07) is 0. The van der Waals surface area contributed by atoms with Crippen molar-refractivity contribution in [3.63, 3.8) is 0 Å². The molecule has 1 aromatic heterocycles. The molecule has 1 aliphatic heterocycles. The molecule has 0 unspecified atom stereocenters. The monoisotopic (exact) mass is 149 g/mol. The van der Waals surface area contributed by atoms with Crippen molar-refractivity contribution in [2.24, 2.45) is 10.4 Å². The average molecular weight is 149 g/mol. The number of aromatic amines is 2. The van der Waals surface area contributed by atoms with Gasteiger partial charge in [0.15, 0.2) is 5.82 Å². The van der Waals surface area contributed by atoms with Gasteiger partial charge in [0.1, 0.15) is 0 Å². The summed E-state index contributed by atoms with van der Waals surface area (Å²) in [5, 5.41) is 5.86. The fourth-order valence-electron chi connectivity index (χ4n) is 0.985. The Morgan fingerprint density at radius 2 is 2.18 bits per heavy atom. The van der Waals surface area contributed by atoms with Gasteiger partial charge in [-0.25, -0.2) is 4.99 Å². The van der Waals surface area contributed by atoms with E-state index in [4.69, 9.17) is 0 Å². The minimum absolute atomic E-state index is 0.0701. The molecule has 2 rings (SSSR count). The van der Waals surface area contributed by atoms with Gasteiger partial charge in [-0.1, -0.05) is 19.9 Å². The summed E-state index contributed by atoms with van der Waals surface area (Å²) in [4.78, 5) is 4.26. The maximum absolute atomic E-state index is 4.26. The lowest BCUT2D eigenvalue weighted by Crippen LogP contribution is -2.07. The lowest BCUT2D eigenvalue weighted by Gasteiger charge is -2.10. The summed E-state index contributed by atoms with van der Waals surface area (Å²) in [6.45, 7) is 4.25. The van der Waals surface area contributed by atoms with Gasteiger partial charge in [-0.3, -0.25) is 10.2 Å². The first-order valence-corrected chi connectivity index (χ1v) is 3.68. The molecule has 0 atom stereocenters. The molecule has 0 amide bonds. The zero-order valence-electron chi connectivity index (χ0n) is 6.68. The van der Waals surface area contributed by atoms with Gasteiger partial charge < -0.3 is 0 Å². The molecule has 0 spiro atoms. The molecule has 0 fully saturated rings. The molecule has 2 N–H and O–H groups in total. The SMILES string of the molecule is CC1(C)C=Cc2[nH][nH]c2N=C1. The third-order valence-corrected chi connectivity index (χ3v) is 1.78. The highest BCUT2D eigenvalue weighted by Gasteiger charge is 2.15. The molecular formula is C8H11N3. The number of nitrogens with one attached hydrogen (secondary N) is 2. The molecule has 1 aliphatic rings. The van der Waals surface area contributed by atoms with Crippen LogP contribution in [0.2, 0.25) is 0 Å². The van der Waals surface area contributed by atoms with Crippen LogP contribution in [0, 0.1) is 5.41 Å². The van der Waals surface area contributed by atoms with Crippen molar-refractivity contribution in [1.82, 2.24) is 10.2 Å². The highest BCUT2D eigenvalue weighted by Crippen LogP contribution is 2.25. The number of fused-ring (bicyclic) bond motifs is 1. The Balaban J connectivity index is 2.42. The Kier molecular flexibility index (Phi) is 1.10. The van der Waals surface area contributed by atoms with Crippen LogP contribution in [0.25, 0.3) is 6.08 Å². The molecule has 0 saturated heterocycles. The van der Waals surface area contributed by atoms with Gasteiger partial charge >= 0.3 is 0 Å². The first kappa shape index (κ1) is 6.46. The second-order valence-electron chi connectivity index (χ2n) is 3.43.